The summed E-state index contributed by atoms with van der Waals surface area (Å²) in [5, 5.41) is 0. The second kappa shape index (κ2) is 6.39. The molecule has 0 aromatic rings. The van der Waals surface area contributed by atoms with E-state index in [2.05, 4.69) is 22.6 Å². The van der Waals surface area contributed by atoms with Crippen molar-refractivity contribution in [2.24, 2.45) is 0 Å². The third-order valence-electron chi connectivity index (χ3n) is 0.958. The van der Waals surface area contributed by atoms with Crippen molar-refractivity contribution in [3.63, 3.8) is 0 Å². The van der Waals surface area contributed by atoms with E-state index in [0.717, 1.165) is 5.57 Å². The monoisotopic (exact) mass is 266 g/mol. The SMILES string of the molecule is CCOC(=O)/C=C(C)/C=C\I. The number of hydrogen-bond acceptors (Lipinski definition) is 2. The van der Waals surface area contributed by atoms with Gasteiger partial charge < -0.3 is 4.74 Å². The minimum absolute atomic E-state index is 0.278. The standard InChI is InChI=1S/C8H11IO2/c1-3-11-8(10)6-7(2)4-5-9/h4-6H,3H2,1-2H3/b5-4-,7-6+. The smallest absolute Gasteiger partial charge is 0.330 e. The molecule has 0 saturated carbocycles. The summed E-state index contributed by atoms with van der Waals surface area (Å²) >= 11 is 2.10. The van der Waals surface area contributed by atoms with Gasteiger partial charge in [0.25, 0.3) is 0 Å². The highest BCUT2D eigenvalue weighted by molar-refractivity contribution is 14.1. The van der Waals surface area contributed by atoms with Crippen molar-refractivity contribution in [1.82, 2.24) is 0 Å². The van der Waals surface area contributed by atoms with Gasteiger partial charge >= 0.3 is 5.97 Å². The van der Waals surface area contributed by atoms with Gasteiger partial charge in [-0.1, -0.05) is 28.7 Å². The Hall–Kier alpha value is -0.320. The maximum Gasteiger partial charge on any atom is 0.330 e. The molecule has 0 spiro atoms. The van der Waals surface area contributed by atoms with Gasteiger partial charge in [-0.25, -0.2) is 4.79 Å². The molecule has 62 valence electrons. The quantitative estimate of drug-likeness (QED) is 0.339. The summed E-state index contributed by atoms with van der Waals surface area (Å²) in [6.07, 6.45) is 3.32. The van der Waals surface area contributed by atoms with E-state index in [1.165, 1.54) is 6.08 Å². The highest BCUT2D eigenvalue weighted by Crippen LogP contribution is 1.98. The molecule has 0 unspecified atom stereocenters. The molecule has 0 aromatic heterocycles. The van der Waals surface area contributed by atoms with Gasteiger partial charge in [0.2, 0.25) is 0 Å². The fourth-order valence-corrected chi connectivity index (χ4v) is 1.08. The van der Waals surface area contributed by atoms with Crippen molar-refractivity contribution in [3.05, 3.63) is 21.8 Å². The van der Waals surface area contributed by atoms with Crippen LogP contribution in [0.2, 0.25) is 0 Å². The van der Waals surface area contributed by atoms with Gasteiger partial charge in [-0.05, 0) is 23.5 Å². The van der Waals surface area contributed by atoms with Gasteiger partial charge in [0, 0.05) is 6.08 Å². The molecule has 0 N–H and O–H groups in total. The number of ether oxygens (including phenoxy) is 1. The number of allylic oxidation sites excluding steroid dienone is 2. The van der Waals surface area contributed by atoms with Gasteiger partial charge in [0.15, 0.2) is 0 Å². The Bertz CT molecular complexity index is 183. The third kappa shape index (κ3) is 6.09. The normalized spacial score (nSPS) is 12.1. The van der Waals surface area contributed by atoms with Crippen LogP contribution in [0.5, 0.6) is 0 Å². The van der Waals surface area contributed by atoms with Crippen molar-refractivity contribution in [3.8, 4) is 0 Å². The summed E-state index contributed by atoms with van der Waals surface area (Å²) in [6.45, 7) is 4.07. The Kier molecular flexibility index (Phi) is 6.21. The first kappa shape index (κ1) is 10.7. The molecular formula is C8H11IO2. The van der Waals surface area contributed by atoms with E-state index in [1.807, 2.05) is 17.1 Å². The topological polar surface area (TPSA) is 26.3 Å². The Labute approximate surface area is 80.5 Å². The van der Waals surface area contributed by atoms with E-state index in [-0.39, 0.29) is 5.97 Å². The fraction of sp³-hybridized carbons (Fsp3) is 0.375. The van der Waals surface area contributed by atoms with Crippen LogP contribution >= 0.6 is 22.6 Å². The molecule has 0 radical (unpaired) electrons. The Morgan fingerprint density at radius 1 is 1.64 bits per heavy atom. The van der Waals surface area contributed by atoms with Crippen LogP contribution in [-0.4, -0.2) is 12.6 Å². The van der Waals surface area contributed by atoms with Crippen LogP contribution in [0.1, 0.15) is 13.8 Å². The number of carbonyl (C=O) groups excluding carboxylic acids is 1. The van der Waals surface area contributed by atoms with Crippen LogP contribution in [0.15, 0.2) is 21.8 Å². The molecule has 0 heterocycles. The fourth-order valence-electron chi connectivity index (χ4n) is 0.517. The zero-order chi connectivity index (χ0) is 8.69. The van der Waals surface area contributed by atoms with Crippen LogP contribution < -0.4 is 0 Å². The van der Waals surface area contributed by atoms with Crippen LogP contribution in [0.3, 0.4) is 0 Å². The van der Waals surface area contributed by atoms with Gasteiger partial charge in [-0.2, -0.15) is 0 Å². The zero-order valence-corrected chi connectivity index (χ0v) is 8.79. The number of carbonyl (C=O) groups is 1. The number of hydrogen-bond donors (Lipinski definition) is 0. The molecule has 0 saturated heterocycles. The first-order chi connectivity index (χ1) is 5.20. The molecule has 0 atom stereocenters. The molecule has 0 bridgehead atoms. The maximum atomic E-state index is 10.8. The summed E-state index contributed by atoms with van der Waals surface area (Å²) in [5.74, 6) is -0.278. The number of esters is 1. The van der Waals surface area contributed by atoms with E-state index in [9.17, 15) is 4.79 Å². The molecule has 0 rings (SSSR count). The number of rotatable bonds is 3. The molecule has 0 aliphatic carbocycles. The van der Waals surface area contributed by atoms with Crippen molar-refractivity contribution >= 4 is 28.6 Å². The van der Waals surface area contributed by atoms with Crippen molar-refractivity contribution in [2.45, 2.75) is 13.8 Å². The largest absolute Gasteiger partial charge is 0.463 e. The van der Waals surface area contributed by atoms with Gasteiger partial charge in [0.1, 0.15) is 0 Å². The third-order valence-corrected chi connectivity index (χ3v) is 1.32. The first-order valence-corrected chi connectivity index (χ1v) is 4.57. The lowest BCUT2D eigenvalue weighted by Crippen LogP contribution is -1.99. The second-order valence-corrected chi connectivity index (χ2v) is 2.65. The molecule has 0 aromatic carbocycles. The molecule has 0 aliphatic heterocycles. The van der Waals surface area contributed by atoms with Gasteiger partial charge in [-0.3, -0.25) is 0 Å². The van der Waals surface area contributed by atoms with E-state index < -0.39 is 0 Å². The predicted molar refractivity (Wildman–Crippen MR) is 53.6 cm³/mol. The maximum absolute atomic E-state index is 10.8. The summed E-state index contributed by atoms with van der Waals surface area (Å²) in [6, 6.07) is 0. The zero-order valence-electron chi connectivity index (χ0n) is 6.63. The lowest BCUT2D eigenvalue weighted by Gasteiger charge is -1.95. The lowest BCUT2D eigenvalue weighted by molar-refractivity contribution is -0.137. The highest BCUT2D eigenvalue weighted by atomic mass is 127. The Morgan fingerprint density at radius 2 is 2.27 bits per heavy atom. The average molecular weight is 266 g/mol. The van der Waals surface area contributed by atoms with Gasteiger partial charge in [0.05, 0.1) is 6.61 Å². The van der Waals surface area contributed by atoms with E-state index in [4.69, 9.17) is 4.74 Å². The van der Waals surface area contributed by atoms with Crippen molar-refractivity contribution < 1.29 is 9.53 Å². The van der Waals surface area contributed by atoms with Crippen LogP contribution in [0.25, 0.3) is 0 Å². The Morgan fingerprint density at radius 3 is 2.73 bits per heavy atom. The minimum atomic E-state index is -0.278. The summed E-state index contributed by atoms with van der Waals surface area (Å²) < 4.78 is 6.56. The summed E-state index contributed by atoms with van der Waals surface area (Å²) in [4.78, 5) is 10.8. The summed E-state index contributed by atoms with van der Waals surface area (Å²) in [5.41, 5.74) is 0.901. The van der Waals surface area contributed by atoms with Crippen molar-refractivity contribution in [2.75, 3.05) is 6.61 Å². The highest BCUT2D eigenvalue weighted by Gasteiger charge is 1.93. The van der Waals surface area contributed by atoms with Gasteiger partial charge in [-0.15, -0.1) is 0 Å². The van der Waals surface area contributed by atoms with Crippen LogP contribution in [0, 0.1) is 0 Å². The van der Waals surface area contributed by atoms with E-state index >= 15 is 0 Å². The first-order valence-electron chi connectivity index (χ1n) is 3.32. The molecule has 2 nitrogen and oxygen atoms in total. The number of halogens is 1. The average Bonchev–Trinajstić information content (AvgIpc) is 1.87. The van der Waals surface area contributed by atoms with E-state index in [1.54, 1.807) is 6.92 Å². The lowest BCUT2D eigenvalue weighted by atomic mass is 10.3. The van der Waals surface area contributed by atoms with Crippen molar-refractivity contribution in [1.29, 1.82) is 0 Å². The molecule has 0 aliphatic rings. The minimum Gasteiger partial charge on any atom is -0.463 e. The summed E-state index contributed by atoms with van der Waals surface area (Å²) in [7, 11) is 0. The molecule has 11 heavy (non-hydrogen) atoms. The van der Waals surface area contributed by atoms with E-state index in [0.29, 0.717) is 6.61 Å². The molecule has 0 amide bonds. The molecular weight excluding hydrogens is 255 g/mol. The molecule has 0 fully saturated rings. The predicted octanol–water partition coefficient (Wildman–Crippen LogP) is 2.44. The molecule has 3 heteroatoms. The van der Waals surface area contributed by atoms with Crippen LogP contribution in [-0.2, 0) is 9.53 Å². The van der Waals surface area contributed by atoms with Crippen LogP contribution in [0.4, 0.5) is 0 Å². The second-order valence-electron chi connectivity index (χ2n) is 1.93. The Balaban J connectivity index is 3.96.